The van der Waals surface area contributed by atoms with Gasteiger partial charge in [0.15, 0.2) is 0 Å². The summed E-state index contributed by atoms with van der Waals surface area (Å²) >= 11 is 0. The number of benzene rings is 2. The number of carbonyl (C=O) groups excluding carboxylic acids is 1. The molecule has 0 amide bonds. The van der Waals surface area contributed by atoms with Gasteiger partial charge in [0.2, 0.25) is 0 Å². The maximum atomic E-state index is 12.2. The van der Waals surface area contributed by atoms with E-state index < -0.39 is 16.1 Å². The Morgan fingerprint density at radius 2 is 1.73 bits per heavy atom. The summed E-state index contributed by atoms with van der Waals surface area (Å²) in [6, 6.07) is 10.7. The Bertz CT molecular complexity index is 979. The van der Waals surface area contributed by atoms with Gasteiger partial charge in [0, 0.05) is 5.92 Å². The molecule has 0 aliphatic heterocycles. The number of hydrogen-bond acceptors (Lipinski definition) is 6. The average molecular weight is 435 g/mol. The van der Waals surface area contributed by atoms with Gasteiger partial charge in [0.05, 0.1) is 12.0 Å². The largest absolute Gasteiger partial charge is 0.490 e. The lowest BCUT2D eigenvalue weighted by atomic mass is 9.87. The van der Waals surface area contributed by atoms with Crippen molar-refractivity contribution in [3.05, 3.63) is 66.2 Å². The van der Waals surface area contributed by atoms with Crippen LogP contribution in [0.25, 0.3) is 0 Å². The fraction of sp³-hybridized carbons (Fsp3) is 0.318. The van der Waals surface area contributed by atoms with E-state index >= 15 is 0 Å². The molecule has 0 aliphatic rings. The summed E-state index contributed by atoms with van der Waals surface area (Å²) in [5.41, 5.74) is 1.27. The van der Waals surface area contributed by atoms with E-state index in [1.54, 1.807) is 12.1 Å². The lowest BCUT2D eigenvalue weighted by Crippen LogP contribution is -2.13. The van der Waals surface area contributed by atoms with E-state index in [1.165, 1.54) is 31.4 Å². The SMILES string of the molecule is C=CC(c1ccc(OCCOc2ccc(S(=O)(=O)O)cc2)c(C(=O)OC)c1)C(C)C. The summed E-state index contributed by atoms with van der Waals surface area (Å²) in [7, 11) is -2.93. The molecule has 1 unspecified atom stereocenters. The van der Waals surface area contributed by atoms with Crippen LogP contribution in [-0.4, -0.2) is 39.3 Å². The van der Waals surface area contributed by atoms with Gasteiger partial charge < -0.3 is 14.2 Å². The fourth-order valence-corrected chi connectivity index (χ4v) is 3.44. The molecule has 0 fully saturated rings. The van der Waals surface area contributed by atoms with E-state index in [4.69, 9.17) is 18.8 Å². The fourth-order valence-electron chi connectivity index (χ4n) is 2.96. The van der Waals surface area contributed by atoms with Crippen molar-refractivity contribution >= 4 is 16.1 Å². The molecule has 30 heavy (non-hydrogen) atoms. The van der Waals surface area contributed by atoms with Gasteiger partial charge in [-0.15, -0.1) is 6.58 Å². The van der Waals surface area contributed by atoms with Crippen molar-refractivity contribution in [2.75, 3.05) is 20.3 Å². The molecule has 2 rings (SSSR count). The molecule has 0 bridgehead atoms. The van der Waals surface area contributed by atoms with Crippen LogP contribution in [0, 0.1) is 5.92 Å². The highest BCUT2D eigenvalue weighted by Crippen LogP contribution is 2.30. The number of carbonyl (C=O) groups is 1. The third kappa shape index (κ3) is 6.08. The average Bonchev–Trinajstić information content (AvgIpc) is 2.71. The Kier molecular flexibility index (Phi) is 8.02. The monoisotopic (exact) mass is 434 g/mol. The first kappa shape index (κ1) is 23.4. The van der Waals surface area contributed by atoms with E-state index in [1.807, 2.05) is 12.1 Å². The second kappa shape index (κ2) is 10.3. The predicted molar refractivity (Wildman–Crippen MR) is 113 cm³/mol. The number of methoxy groups -OCH3 is 1. The van der Waals surface area contributed by atoms with Gasteiger partial charge in [-0.1, -0.05) is 26.0 Å². The van der Waals surface area contributed by atoms with Crippen LogP contribution in [0.5, 0.6) is 11.5 Å². The van der Waals surface area contributed by atoms with Crippen LogP contribution >= 0.6 is 0 Å². The zero-order chi connectivity index (χ0) is 22.3. The molecular weight excluding hydrogens is 408 g/mol. The van der Waals surface area contributed by atoms with Gasteiger partial charge >= 0.3 is 5.97 Å². The van der Waals surface area contributed by atoms with Crippen molar-refractivity contribution in [2.24, 2.45) is 5.92 Å². The number of allylic oxidation sites excluding steroid dienone is 1. The van der Waals surface area contributed by atoms with E-state index in [9.17, 15) is 13.2 Å². The predicted octanol–water partition coefficient (Wildman–Crippen LogP) is 4.10. The second-order valence-electron chi connectivity index (χ2n) is 6.90. The van der Waals surface area contributed by atoms with Crippen LogP contribution < -0.4 is 9.47 Å². The van der Waals surface area contributed by atoms with Gasteiger partial charge in [0.25, 0.3) is 10.1 Å². The standard InChI is InChI=1S/C22H26O7S/c1-5-19(15(2)3)16-6-11-21(20(14-16)22(23)27-4)29-13-12-28-17-7-9-18(10-8-17)30(24,25)26/h5-11,14-15,19H,1,12-13H2,2-4H3,(H,24,25,26). The summed E-state index contributed by atoms with van der Waals surface area (Å²) < 4.78 is 47.2. The van der Waals surface area contributed by atoms with Crippen LogP contribution in [0.4, 0.5) is 0 Å². The van der Waals surface area contributed by atoms with Crippen molar-refractivity contribution in [3.63, 3.8) is 0 Å². The van der Waals surface area contributed by atoms with Gasteiger partial charge in [-0.25, -0.2) is 4.79 Å². The molecule has 0 radical (unpaired) electrons. The molecule has 162 valence electrons. The molecule has 2 aromatic carbocycles. The number of esters is 1. The maximum absolute atomic E-state index is 12.2. The van der Waals surface area contributed by atoms with Crippen molar-refractivity contribution in [1.82, 2.24) is 0 Å². The van der Waals surface area contributed by atoms with Crippen molar-refractivity contribution < 1.29 is 32.0 Å². The van der Waals surface area contributed by atoms with E-state index in [0.717, 1.165) is 5.56 Å². The smallest absolute Gasteiger partial charge is 0.341 e. The summed E-state index contributed by atoms with van der Waals surface area (Å²) in [4.78, 5) is 12.0. The lowest BCUT2D eigenvalue weighted by molar-refractivity contribution is 0.0595. The Morgan fingerprint density at radius 3 is 2.27 bits per heavy atom. The number of ether oxygens (including phenoxy) is 3. The van der Waals surface area contributed by atoms with Crippen LogP contribution in [0.3, 0.4) is 0 Å². The van der Waals surface area contributed by atoms with E-state index in [0.29, 0.717) is 23.0 Å². The van der Waals surface area contributed by atoms with Crippen molar-refractivity contribution in [1.29, 1.82) is 0 Å². The molecule has 0 saturated carbocycles. The lowest BCUT2D eigenvalue weighted by Gasteiger charge is -2.19. The molecule has 8 heteroatoms. The van der Waals surface area contributed by atoms with Crippen LogP contribution in [0.2, 0.25) is 0 Å². The molecule has 7 nitrogen and oxygen atoms in total. The Morgan fingerprint density at radius 1 is 1.10 bits per heavy atom. The third-order valence-corrected chi connectivity index (χ3v) is 5.37. The van der Waals surface area contributed by atoms with Crippen LogP contribution in [0.1, 0.15) is 35.7 Å². The topological polar surface area (TPSA) is 99.1 Å². The quantitative estimate of drug-likeness (QED) is 0.260. The second-order valence-corrected chi connectivity index (χ2v) is 8.32. The summed E-state index contributed by atoms with van der Waals surface area (Å²) in [5.74, 6) is 0.708. The molecule has 0 aromatic heterocycles. The zero-order valence-electron chi connectivity index (χ0n) is 17.2. The normalized spacial score (nSPS) is 12.3. The summed E-state index contributed by atoms with van der Waals surface area (Å²) in [6.45, 7) is 8.34. The van der Waals surface area contributed by atoms with E-state index in [-0.39, 0.29) is 24.0 Å². The Balaban J connectivity index is 2.05. The molecular formula is C22H26O7S. The first-order valence-corrected chi connectivity index (χ1v) is 10.8. The minimum Gasteiger partial charge on any atom is -0.490 e. The van der Waals surface area contributed by atoms with Gasteiger partial charge in [-0.3, -0.25) is 4.55 Å². The first-order chi connectivity index (χ1) is 14.2. The molecule has 1 N–H and O–H groups in total. The number of rotatable bonds is 10. The van der Waals surface area contributed by atoms with Crippen LogP contribution in [-0.2, 0) is 14.9 Å². The van der Waals surface area contributed by atoms with Crippen molar-refractivity contribution in [3.8, 4) is 11.5 Å². The van der Waals surface area contributed by atoms with Crippen molar-refractivity contribution in [2.45, 2.75) is 24.7 Å². The number of hydrogen-bond donors (Lipinski definition) is 1. The highest BCUT2D eigenvalue weighted by Gasteiger charge is 2.19. The molecule has 2 aromatic rings. The van der Waals surface area contributed by atoms with Crippen LogP contribution in [0.15, 0.2) is 60.0 Å². The zero-order valence-corrected chi connectivity index (χ0v) is 18.0. The molecule has 0 aliphatic carbocycles. The maximum Gasteiger partial charge on any atom is 0.341 e. The highest BCUT2D eigenvalue weighted by atomic mass is 32.2. The van der Waals surface area contributed by atoms with E-state index in [2.05, 4.69) is 20.4 Å². The molecule has 0 heterocycles. The summed E-state index contributed by atoms with van der Waals surface area (Å²) in [5, 5.41) is 0. The van der Waals surface area contributed by atoms with Gasteiger partial charge in [0.1, 0.15) is 30.3 Å². The Labute approximate surface area is 177 Å². The van der Waals surface area contributed by atoms with Gasteiger partial charge in [-0.05, 0) is 47.9 Å². The first-order valence-electron chi connectivity index (χ1n) is 9.35. The molecule has 1 atom stereocenters. The minimum atomic E-state index is -4.24. The highest BCUT2D eigenvalue weighted by molar-refractivity contribution is 7.85. The minimum absolute atomic E-state index is 0.0940. The third-order valence-electron chi connectivity index (χ3n) is 4.50. The van der Waals surface area contributed by atoms with Gasteiger partial charge in [-0.2, -0.15) is 8.42 Å². The molecule has 0 saturated heterocycles. The molecule has 0 spiro atoms. The summed E-state index contributed by atoms with van der Waals surface area (Å²) in [6.07, 6.45) is 1.85. The Hall–Kier alpha value is -2.84.